The van der Waals surface area contributed by atoms with Gasteiger partial charge < -0.3 is 10.5 Å². The van der Waals surface area contributed by atoms with Crippen molar-refractivity contribution >= 4 is 28.7 Å². The molecule has 5 rings (SSSR count). The van der Waals surface area contributed by atoms with Crippen LogP contribution in [0.15, 0.2) is 58.7 Å². The van der Waals surface area contributed by atoms with Crippen molar-refractivity contribution in [1.29, 1.82) is 0 Å². The van der Waals surface area contributed by atoms with Gasteiger partial charge in [0, 0.05) is 23.4 Å². The van der Waals surface area contributed by atoms with E-state index in [0.717, 1.165) is 22.9 Å². The number of thioether (sulfide) groups is 1. The molecule has 7 heteroatoms. The first-order valence-electron chi connectivity index (χ1n) is 9.18. The van der Waals surface area contributed by atoms with Crippen molar-refractivity contribution < 1.29 is 13.5 Å². The quantitative estimate of drug-likeness (QED) is 0.766. The van der Waals surface area contributed by atoms with Crippen molar-refractivity contribution in [1.82, 2.24) is 0 Å². The summed E-state index contributed by atoms with van der Waals surface area (Å²) in [6.07, 6.45) is 12.2. The molecule has 4 aliphatic rings. The molecule has 28 heavy (non-hydrogen) atoms. The fourth-order valence-corrected chi connectivity index (χ4v) is 5.09. The third-order valence-electron chi connectivity index (χ3n) is 5.92. The van der Waals surface area contributed by atoms with Crippen LogP contribution >= 0.6 is 11.8 Å². The van der Waals surface area contributed by atoms with Crippen LogP contribution in [0.2, 0.25) is 0 Å². The molecular formula is C21H19F2N3OS. The molecule has 0 aromatic heterocycles. The third-order valence-corrected chi connectivity index (χ3v) is 6.81. The minimum Gasteiger partial charge on any atom is -0.493 e. The van der Waals surface area contributed by atoms with Crippen LogP contribution in [0.5, 0.6) is 5.75 Å². The Morgan fingerprint density at radius 1 is 1.14 bits per heavy atom. The lowest BCUT2D eigenvalue weighted by molar-refractivity contribution is -0.106. The molecule has 1 saturated carbocycles. The van der Waals surface area contributed by atoms with Crippen molar-refractivity contribution in [2.24, 2.45) is 21.1 Å². The highest BCUT2D eigenvalue weighted by Gasteiger charge is 2.75. The Kier molecular flexibility index (Phi) is 3.81. The van der Waals surface area contributed by atoms with Crippen LogP contribution in [0.4, 0.5) is 8.78 Å². The zero-order valence-electron chi connectivity index (χ0n) is 15.1. The second-order valence-electron chi connectivity index (χ2n) is 7.56. The largest absolute Gasteiger partial charge is 0.493 e. The van der Waals surface area contributed by atoms with Gasteiger partial charge in [0.2, 0.25) is 0 Å². The van der Waals surface area contributed by atoms with Gasteiger partial charge in [0.25, 0.3) is 5.92 Å². The number of halogens is 2. The van der Waals surface area contributed by atoms with Crippen LogP contribution in [-0.2, 0) is 5.54 Å². The van der Waals surface area contributed by atoms with E-state index in [9.17, 15) is 0 Å². The summed E-state index contributed by atoms with van der Waals surface area (Å²) in [4.78, 5) is 8.68. The SMILES string of the molecule is NC1=NC2(c3cc(C4=C/C=C/C=C/N=C4)ccc3OCC23CC3)C(F)(F)CS1. The molecule has 0 bridgehead atoms. The van der Waals surface area contributed by atoms with Crippen molar-refractivity contribution in [2.45, 2.75) is 24.3 Å². The molecule has 1 atom stereocenters. The average Bonchev–Trinajstić information content (AvgIpc) is 3.42. The molecule has 3 aliphatic heterocycles. The molecule has 1 fully saturated rings. The van der Waals surface area contributed by atoms with Gasteiger partial charge in [-0.2, -0.15) is 0 Å². The molecule has 0 amide bonds. The molecular weight excluding hydrogens is 380 g/mol. The Balaban J connectivity index is 1.72. The molecule has 2 N–H and O–H groups in total. The standard InChI is InChI=1S/C21H19F2N3OS/c22-20(23)13-28-18(24)26-21(20)16-10-14(15-4-2-1-3-9-25-11-15)5-6-17(16)27-12-19(21)7-8-19/h1-6,9-11H,7-8,12-13H2,(H2,24,26)/b2-1+,3-1?,4-2?,9-3+,15-4?,15-11?,25-9?,25-11?. The molecule has 0 saturated heterocycles. The fraction of sp³-hybridized carbons (Fsp3) is 0.333. The number of nitrogens with zero attached hydrogens (tertiary/aromatic N) is 2. The van der Waals surface area contributed by atoms with E-state index in [4.69, 9.17) is 10.5 Å². The number of benzene rings is 1. The first-order chi connectivity index (χ1) is 13.5. The minimum absolute atomic E-state index is 0.218. The Hall–Kier alpha value is -2.41. The number of hydrogen-bond donors (Lipinski definition) is 1. The van der Waals surface area contributed by atoms with Crippen LogP contribution in [0, 0.1) is 5.41 Å². The lowest BCUT2D eigenvalue weighted by atomic mass is 9.69. The zero-order chi connectivity index (χ0) is 19.4. The van der Waals surface area contributed by atoms with E-state index < -0.39 is 16.9 Å². The molecule has 2 spiro atoms. The first-order valence-corrected chi connectivity index (χ1v) is 10.2. The highest BCUT2D eigenvalue weighted by Crippen LogP contribution is 2.70. The summed E-state index contributed by atoms with van der Waals surface area (Å²) >= 11 is 0.921. The molecule has 0 radical (unpaired) electrons. The second kappa shape index (κ2) is 6.04. The van der Waals surface area contributed by atoms with Crippen molar-refractivity contribution in [3.8, 4) is 5.75 Å². The molecule has 1 aromatic rings. The van der Waals surface area contributed by atoms with Gasteiger partial charge in [-0.25, -0.2) is 13.8 Å². The summed E-state index contributed by atoms with van der Waals surface area (Å²) in [5.74, 6) is -2.92. The maximum atomic E-state index is 15.5. The maximum absolute atomic E-state index is 15.5. The minimum atomic E-state index is -3.01. The molecule has 1 aromatic carbocycles. The van der Waals surface area contributed by atoms with Crippen LogP contribution in [-0.4, -0.2) is 29.7 Å². The van der Waals surface area contributed by atoms with E-state index in [1.807, 2.05) is 30.4 Å². The molecule has 4 nitrogen and oxygen atoms in total. The Bertz CT molecular complexity index is 991. The van der Waals surface area contributed by atoms with Gasteiger partial charge in [0.1, 0.15) is 5.75 Å². The third kappa shape index (κ3) is 2.42. The van der Waals surface area contributed by atoms with Crippen LogP contribution in [0.25, 0.3) is 5.57 Å². The van der Waals surface area contributed by atoms with Crippen LogP contribution in [0.3, 0.4) is 0 Å². The normalized spacial score (nSPS) is 31.1. The van der Waals surface area contributed by atoms with Crippen LogP contribution < -0.4 is 10.5 Å². The number of rotatable bonds is 1. The van der Waals surface area contributed by atoms with Gasteiger partial charge in [0.05, 0.1) is 12.4 Å². The van der Waals surface area contributed by atoms with Crippen molar-refractivity contribution in [3.05, 3.63) is 59.8 Å². The number of alkyl halides is 2. The number of aliphatic imine (C=N–C) groups is 2. The van der Waals surface area contributed by atoms with Crippen LogP contribution in [0.1, 0.15) is 24.0 Å². The summed E-state index contributed by atoms with van der Waals surface area (Å²) in [5, 5.41) is 0.218. The highest BCUT2D eigenvalue weighted by atomic mass is 32.2. The second-order valence-corrected chi connectivity index (χ2v) is 8.56. The molecule has 1 unspecified atom stereocenters. The first kappa shape index (κ1) is 17.7. The fourth-order valence-electron chi connectivity index (χ4n) is 4.35. The number of amidine groups is 1. The molecule has 3 heterocycles. The Morgan fingerprint density at radius 2 is 2.00 bits per heavy atom. The van der Waals surface area contributed by atoms with E-state index in [1.165, 1.54) is 0 Å². The number of ether oxygens (including phenoxy) is 1. The summed E-state index contributed by atoms with van der Waals surface area (Å²) in [6.45, 7) is 0.244. The number of hydrogen-bond acceptors (Lipinski definition) is 5. The smallest absolute Gasteiger partial charge is 0.287 e. The lowest BCUT2D eigenvalue weighted by Crippen LogP contribution is -2.58. The summed E-state index contributed by atoms with van der Waals surface area (Å²) < 4.78 is 37.0. The number of allylic oxidation sites excluding steroid dienone is 5. The van der Waals surface area contributed by atoms with E-state index in [1.54, 1.807) is 24.5 Å². The number of fused-ring (bicyclic) bond motifs is 3. The predicted molar refractivity (Wildman–Crippen MR) is 109 cm³/mol. The Labute approximate surface area is 166 Å². The average molecular weight is 399 g/mol. The van der Waals surface area contributed by atoms with Crippen molar-refractivity contribution in [3.63, 3.8) is 0 Å². The van der Waals surface area contributed by atoms with Gasteiger partial charge in [0.15, 0.2) is 10.7 Å². The summed E-state index contributed by atoms with van der Waals surface area (Å²) in [5.41, 5.74) is 5.67. The van der Waals surface area contributed by atoms with Gasteiger partial charge in [-0.05, 0) is 42.2 Å². The molecule has 144 valence electrons. The maximum Gasteiger partial charge on any atom is 0.287 e. The van der Waals surface area contributed by atoms with E-state index >= 15 is 8.78 Å². The number of nitrogens with two attached hydrogens (primary N) is 1. The zero-order valence-corrected chi connectivity index (χ0v) is 15.9. The van der Waals surface area contributed by atoms with Gasteiger partial charge in [-0.1, -0.05) is 36.1 Å². The monoisotopic (exact) mass is 399 g/mol. The van der Waals surface area contributed by atoms with Gasteiger partial charge in [-0.15, -0.1) is 0 Å². The topological polar surface area (TPSA) is 60.0 Å². The van der Waals surface area contributed by atoms with Gasteiger partial charge in [-0.3, -0.25) is 4.99 Å². The van der Waals surface area contributed by atoms with Crippen molar-refractivity contribution in [2.75, 3.05) is 12.4 Å². The predicted octanol–water partition coefficient (Wildman–Crippen LogP) is 4.29. The summed E-state index contributed by atoms with van der Waals surface area (Å²) in [6, 6.07) is 5.42. The van der Waals surface area contributed by atoms with E-state index in [2.05, 4.69) is 9.98 Å². The van der Waals surface area contributed by atoms with Gasteiger partial charge >= 0.3 is 0 Å². The summed E-state index contributed by atoms with van der Waals surface area (Å²) in [7, 11) is 0. The van der Waals surface area contributed by atoms with E-state index in [0.29, 0.717) is 24.2 Å². The Morgan fingerprint density at radius 3 is 2.82 bits per heavy atom. The lowest BCUT2D eigenvalue weighted by Gasteiger charge is -2.49. The molecule has 1 aliphatic carbocycles. The van der Waals surface area contributed by atoms with E-state index in [-0.39, 0.29) is 17.5 Å². The highest BCUT2D eigenvalue weighted by molar-refractivity contribution is 8.13.